The van der Waals surface area contributed by atoms with Crippen LogP contribution in [0.4, 0.5) is 0 Å². The second-order valence-corrected chi connectivity index (χ2v) is 5.19. The highest BCUT2D eigenvalue weighted by molar-refractivity contribution is 5.90. The van der Waals surface area contributed by atoms with Gasteiger partial charge in [-0.25, -0.2) is 4.79 Å². The Kier molecular flexibility index (Phi) is 4.78. The largest absolute Gasteiger partial charge is 0.493 e. The monoisotopic (exact) mass is 314 g/mol. The molecule has 0 aromatic heterocycles. The van der Waals surface area contributed by atoms with Gasteiger partial charge >= 0.3 is 5.97 Å². The lowest BCUT2D eigenvalue weighted by molar-refractivity contribution is 0.0472. The van der Waals surface area contributed by atoms with Crippen LogP contribution in [-0.4, -0.2) is 32.4 Å². The molecule has 0 spiro atoms. The van der Waals surface area contributed by atoms with E-state index in [2.05, 4.69) is 0 Å². The topological polar surface area (TPSA) is 57.3 Å². The molecule has 5 heteroatoms. The van der Waals surface area contributed by atoms with E-state index >= 15 is 0 Å². The van der Waals surface area contributed by atoms with Crippen molar-refractivity contribution in [1.29, 1.82) is 0 Å². The minimum absolute atomic E-state index is 0.133. The van der Waals surface area contributed by atoms with E-state index in [9.17, 15) is 4.79 Å². The van der Waals surface area contributed by atoms with Gasteiger partial charge in [0.25, 0.3) is 0 Å². The highest BCUT2D eigenvalue weighted by Crippen LogP contribution is 2.29. The predicted octanol–water partition coefficient (Wildman–Crippen LogP) is 2.83. The molecule has 1 aliphatic heterocycles. The third kappa shape index (κ3) is 4.23. The molecule has 0 saturated carbocycles. The SMILES string of the molecule is COc1ccc(C(=O)OCc2ccccc2)cc1OCC1CO1. The normalized spacial score (nSPS) is 15.8. The van der Waals surface area contributed by atoms with Crippen molar-refractivity contribution >= 4 is 5.97 Å². The van der Waals surface area contributed by atoms with E-state index in [1.54, 1.807) is 25.3 Å². The maximum absolute atomic E-state index is 12.2. The number of epoxide rings is 1. The molecule has 120 valence electrons. The number of carbonyl (C=O) groups is 1. The van der Waals surface area contributed by atoms with Gasteiger partial charge in [0.2, 0.25) is 0 Å². The van der Waals surface area contributed by atoms with Crippen molar-refractivity contribution in [2.45, 2.75) is 12.7 Å². The Morgan fingerprint density at radius 2 is 1.96 bits per heavy atom. The van der Waals surface area contributed by atoms with Crippen LogP contribution in [0.25, 0.3) is 0 Å². The van der Waals surface area contributed by atoms with Crippen molar-refractivity contribution in [3.05, 3.63) is 59.7 Å². The van der Waals surface area contributed by atoms with Crippen molar-refractivity contribution in [2.24, 2.45) is 0 Å². The van der Waals surface area contributed by atoms with E-state index in [1.807, 2.05) is 30.3 Å². The molecule has 1 unspecified atom stereocenters. The Balaban J connectivity index is 1.65. The van der Waals surface area contributed by atoms with Crippen LogP contribution in [0, 0.1) is 0 Å². The Labute approximate surface area is 134 Å². The van der Waals surface area contributed by atoms with Crippen molar-refractivity contribution in [3.63, 3.8) is 0 Å². The lowest BCUT2D eigenvalue weighted by Gasteiger charge is -2.11. The summed E-state index contributed by atoms with van der Waals surface area (Å²) in [6.45, 7) is 1.39. The van der Waals surface area contributed by atoms with Crippen LogP contribution >= 0.6 is 0 Å². The maximum atomic E-state index is 12.2. The zero-order valence-electron chi connectivity index (χ0n) is 12.9. The molecule has 0 aliphatic carbocycles. The van der Waals surface area contributed by atoms with Crippen LogP contribution in [0.2, 0.25) is 0 Å². The van der Waals surface area contributed by atoms with E-state index in [0.717, 1.165) is 5.56 Å². The van der Waals surface area contributed by atoms with Gasteiger partial charge in [-0.1, -0.05) is 30.3 Å². The first-order chi connectivity index (χ1) is 11.3. The average Bonchev–Trinajstić information content (AvgIpc) is 3.43. The van der Waals surface area contributed by atoms with Gasteiger partial charge in [-0.3, -0.25) is 0 Å². The zero-order chi connectivity index (χ0) is 16.1. The van der Waals surface area contributed by atoms with Gasteiger partial charge in [-0.15, -0.1) is 0 Å². The van der Waals surface area contributed by atoms with Crippen molar-refractivity contribution in [2.75, 3.05) is 20.3 Å². The standard InChI is InChI=1S/C18H18O5/c1-20-16-8-7-14(9-17(16)22-12-15-11-21-15)18(19)23-10-13-5-3-2-4-6-13/h2-9,15H,10-12H2,1H3. The lowest BCUT2D eigenvalue weighted by Crippen LogP contribution is -2.08. The van der Waals surface area contributed by atoms with Crippen LogP contribution in [0.15, 0.2) is 48.5 Å². The Hall–Kier alpha value is -2.53. The van der Waals surface area contributed by atoms with Crippen LogP contribution in [0.3, 0.4) is 0 Å². The summed E-state index contributed by atoms with van der Waals surface area (Å²) in [6, 6.07) is 14.5. The van der Waals surface area contributed by atoms with Gasteiger partial charge in [-0.2, -0.15) is 0 Å². The average molecular weight is 314 g/mol. The summed E-state index contributed by atoms with van der Waals surface area (Å²) >= 11 is 0. The summed E-state index contributed by atoms with van der Waals surface area (Å²) in [7, 11) is 1.56. The Bertz CT molecular complexity index is 664. The molecule has 0 N–H and O–H groups in total. The molecule has 1 aliphatic rings. The Morgan fingerprint density at radius 3 is 2.65 bits per heavy atom. The number of esters is 1. The van der Waals surface area contributed by atoms with Crippen molar-refractivity contribution in [3.8, 4) is 11.5 Å². The molecule has 1 heterocycles. The Morgan fingerprint density at radius 1 is 1.17 bits per heavy atom. The molecular formula is C18H18O5. The summed E-state index contributed by atoms with van der Waals surface area (Å²) in [5.41, 5.74) is 1.37. The van der Waals surface area contributed by atoms with E-state index in [0.29, 0.717) is 30.3 Å². The third-order valence-corrected chi connectivity index (χ3v) is 3.44. The first-order valence-electron chi connectivity index (χ1n) is 7.40. The molecule has 0 radical (unpaired) electrons. The molecule has 0 amide bonds. The van der Waals surface area contributed by atoms with E-state index in [1.165, 1.54) is 0 Å². The summed E-state index contributed by atoms with van der Waals surface area (Å²) in [4.78, 5) is 12.2. The molecule has 2 aromatic carbocycles. The minimum Gasteiger partial charge on any atom is -0.493 e. The second kappa shape index (κ2) is 7.15. The van der Waals surface area contributed by atoms with Gasteiger partial charge in [0.15, 0.2) is 11.5 Å². The molecule has 2 aromatic rings. The zero-order valence-corrected chi connectivity index (χ0v) is 12.9. The summed E-state index contributed by atoms with van der Waals surface area (Å²) < 4.78 is 21.3. The van der Waals surface area contributed by atoms with Crippen molar-refractivity contribution < 1.29 is 23.7 Å². The number of rotatable bonds is 7. The van der Waals surface area contributed by atoms with Crippen LogP contribution in [0.5, 0.6) is 11.5 Å². The van der Waals surface area contributed by atoms with Crippen LogP contribution < -0.4 is 9.47 Å². The summed E-state index contributed by atoms with van der Waals surface area (Å²) in [5, 5.41) is 0. The number of methoxy groups -OCH3 is 1. The highest BCUT2D eigenvalue weighted by Gasteiger charge is 2.24. The molecule has 23 heavy (non-hydrogen) atoms. The second-order valence-electron chi connectivity index (χ2n) is 5.19. The van der Waals surface area contributed by atoms with Crippen LogP contribution in [-0.2, 0) is 16.1 Å². The summed E-state index contributed by atoms with van der Waals surface area (Å²) in [5.74, 6) is 0.687. The third-order valence-electron chi connectivity index (χ3n) is 3.44. The number of ether oxygens (including phenoxy) is 4. The first kappa shape index (κ1) is 15.4. The predicted molar refractivity (Wildman–Crippen MR) is 83.8 cm³/mol. The molecule has 1 atom stereocenters. The summed E-state index contributed by atoms with van der Waals surface area (Å²) in [6.07, 6.45) is 0.133. The van der Waals surface area contributed by atoms with Gasteiger partial charge in [0.05, 0.1) is 19.3 Å². The van der Waals surface area contributed by atoms with Gasteiger partial charge in [-0.05, 0) is 23.8 Å². The maximum Gasteiger partial charge on any atom is 0.338 e. The highest BCUT2D eigenvalue weighted by atomic mass is 16.6. The quantitative estimate of drug-likeness (QED) is 0.581. The lowest BCUT2D eigenvalue weighted by atomic mass is 10.2. The fraction of sp³-hybridized carbons (Fsp3) is 0.278. The first-order valence-corrected chi connectivity index (χ1v) is 7.40. The number of hydrogen-bond donors (Lipinski definition) is 0. The molecule has 1 saturated heterocycles. The molecule has 5 nitrogen and oxygen atoms in total. The van der Waals surface area contributed by atoms with E-state index in [4.69, 9.17) is 18.9 Å². The van der Waals surface area contributed by atoms with Gasteiger partial charge < -0.3 is 18.9 Å². The van der Waals surface area contributed by atoms with E-state index in [-0.39, 0.29) is 12.7 Å². The molecular weight excluding hydrogens is 296 g/mol. The molecule has 1 fully saturated rings. The fourth-order valence-corrected chi connectivity index (χ4v) is 2.07. The van der Waals surface area contributed by atoms with Crippen LogP contribution in [0.1, 0.15) is 15.9 Å². The van der Waals surface area contributed by atoms with Gasteiger partial charge in [0.1, 0.15) is 19.3 Å². The molecule has 0 bridgehead atoms. The smallest absolute Gasteiger partial charge is 0.338 e. The van der Waals surface area contributed by atoms with Crippen molar-refractivity contribution in [1.82, 2.24) is 0 Å². The number of benzene rings is 2. The van der Waals surface area contributed by atoms with E-state index < -0.39 is 5.97 Å². The fourth-order valence-electron chi connectivity index (χ4n) is 2.07. The molecule has 3 rings (SSSR count). The number of carbonyl (C=O) groups excluding carboxylic acids is 1. The minimum atomic E-state index is -0.399. The van der Waals surface area contributed by atoms with Gasteiger partial charge in [0, 0.05) is 0 Å². The number of hydrogen-bond acceptors (Lipinski definition) is 5.